The Morgan fingerprint density at radius 3 is 2.42 bits per heavy atom. The second-order valence-electron chi connectivity index (χ2n) is 4.45. The van der Waals surface area contributed by atoms with Crippen LogP contribution in [-0.2, 0) is 6.42 Å². The minimum atomic E-state index is -0.383. The molecule has 1 aromatic heterocycles. The molecule has 0 spiro atoms. The maximum atomic E-state index is 9.70. The third-order valence-corrected chi connectivity index (χ3v) is 3.06. The number of ether oxygens (including phenoxy) is 1. The van der Waals surface area contributed by atoms with Gasteiger partial charge in [-0.15, -0.1) is 0 Å². The van der Waals surface area contributed by atoms with Gasteiger partial charge in [-0.05, 0) is 41.8 Å². The molecule has 0 radical (unpaired) electrons. The molecule has 1 N–H and O–H groups in total. The monoisotopic (exact) mass is 257 g/mol. The van der Waals surface area contributed by atoms with E-state index >= 15 is 0 Å². The van der Waals surface area contributed by atoms with Crippen LogP contribution in [0.15, 0.2) is 48.8 Å². The van der Waals surface area contributed by atoms with Gasteiger partial charge in [-0.25, -0.2) is 0 Å². The SMILES string of the molecule is CC[C@@H](O)c1ccc(OCCc2ccncc2)cc1. The molecule has 0 amide bonds. The summed E-state index contributed by atoms with van der Waals surface area (Å²) in [6.45, 7) is 2.60. The van der Waals surface area contributed by atoms with Gasteiger partial charge in [0.25, 0.3) is 0 Å². The van der Waals surface area contributed by atoms with E-state index in [2.05, 4.69) is 4.98 Å². The van der Waals surface area contributed by atoms with Gasteiger partial charge in [-0.3, -0.25) is 4.98 Å². The van der Waals surface area contributed by atoms with Crippen LogP contribution in [0.1, 0.15) is 30.6 Å². The molecule has 0 aliphatic carbocycles. The predicted molar refractivity (Wildman–Crippen MR) is 75.1 cm³/mol. The molecule has 1 heterocycles. The molecule has 0 saturated heterocycles. The topological polar surface area (TPSA) is 42.4 Å². The molecule has 2 aromatic rings. The highest BCUT2D eigenvalue weighted by Crippen LogP contribution is 2.19. The van der Waals surface area contributed by atoms with E-state index in [9.17, 15) is 5.11 Å². The Labute approximate surface area is 113 Å². The van der Waals surface area contributed by atoms with Crippen LogP contribution >= 0.6 is 0 Å². The summed E-state index contributed by atoms with van der Waals surface area (Å²) in [7, 11) is 0. The van der Waals surface area contributed by atoms with Crippen molar-refractivity contribution in [3.05, 3.63) is 59.9 Å². The summed E-state index contributed by atoms with van der Waals surface area (Å²) < 4.78 is 5.68. The highest BCUT2D eigenvalue weighted by Gasteiger charge is 2.04. The molecule has 3 nitrogen and oxygen atoms in total. The molecule has 3 heteroatoms. The van der Waals surface area contributed by atoms with Gasteiger partial charge in [0.2, 0.25) is 0 Å². The van der Waals surface area contributed by atoms with Crippen LogP contribution in [-0.4, -0.2) is 16.7 Å². The molecule has 0 aliphatic rings. The molecule has 1 atom stereocenters. The molecular formula is C16H19NO2. The highest BCUT2D eigenvalue weighted by molar-refractivity contribution is 5.28. The number of aliphatic hydroxyl groups excluding tert-OH is 1. The molecule has 19 heavy (non-hydrogen) atoms. The van der Waals surface area contributed by atoms with Crippen LogP contribution in [0.3, 0.4) is 0 Å². The van der Waals surface area contributed by atoms with E-state index in [4.69, 9.17) is 4.74 Å². The number of rotatable bonds is 6. The van der Waals surface area contributed by atoms with Crippen molar-refractivity contribution in [2.45, 2.75) is 25.9 Å². The largest absolute Gasteiger partial charge is 0.493 e. The summed E-state index contributed by atoms with van der Waals surface area (Å²) in [4.78, 5) is 3.98. The van der Waals surface area contributed by atoms with E-state index in [-0.39, 0.29) is 6.10 Å². The normalized spacial score (nSPS) is 12.1. The van der Waals surface area contributed by atoms with Crippen molar-refractivity contribution in [2.75, 3.05) is 6.61 Å². The van der Waals surface area contributed by atoms with E-state index in [0.717, 1.165) is 24.2 Å². The van der Waals surface area contributed by atoms with Crippen molar-refractivity contribution in [2.24, 2.45) is 0 Å². The number of hydrogen-bond donors (Lipinski definition) is 1. The van der Waals surface area contributed by atoms with Gasteiger partial charge >= 0.3 is 0 Å². The quantitative estimate of drug-likeness (QED) is 0.864. The Morgan fingerprint density at radius 2 is 1.79 bits per heavy atom. The molecule has 0 saturated carbocycles. The van der Waals surface area contributed by atoms with Gasteiger partial charge in [0, 0.05) is 18.8 Å². The molecule has 0 bridgehead atoms. The van der Waals surface area contributed by atoms with E-state index in [0.29, 0.717) is 6.61 Å². The van der Waals surface area contributed by atoms with Gasteiger partial charge < -0.3 is 9.84 Å². The van der Waals surface area contributed by atoms with E-state index < -0.39 is 0 Å². The van der Waals surface area contributed by atoms with Gasteiger partial charge in [0.15, 0.2) is 0 Å². The Balaban J connectivity index is 1.83. The van der Waals surface area contributed by atoms with Crippen molar-refractivity contribution in [3.8, 4) is 5.75 Å². The molecule has 100 valence electrons. The van der Waals surface area contributed by atoms with Crippen molar-refractivity contribution < 1.29 is 9.84 Å². The van der Waals surface area contributed by atoms with Crippen LogP contribution in [0.5, 0.6) is 5.75 Å². The van der Waals surface area contributed by atoms with Crippen molar-refractivity contribution >= 4 is 0 Å². The number of aliphatic hydroxyl groups is 1. The smallest absolute Gasteiger partial charge is 0.119 e. The Bertz CT molecular complexity index is 482. The van der Waals surface area contributed by atoms with Gasteiger partial charge in [0.05, 0.1) is 12.7 Å². The van der Waals surface area contributed by atoms with Crippen LogP contribution in [0.4, 0.5) is 0 Å². The summed E-state index contributed by atoms with van der Waals surface area (Å²) in [6.07, 6.45) is 4.78. The summed E-state index contributed by atoms with van der Waals surface area (Å²) >= 11 is 0. The summed E-state index contributed by atoms with van der Waals surface area (Å²) in [6, 6.07) is 11.6. The van der Waals surface area contributed by atoms with Crippen molar-refractivity contribution in [1.29, 1.82) is 0 Å². The Hall–Kier alpha value is -1.87. The highest BCUT2D eigenvalue weighted by atomic mass is 16.5. The average molecular weight is 257 g/mol. The number of nitrogens with zero attached hydrogens (tertiary/aromatic N) is 1. The zero-order chi connectivity index (χ0) is 13.5. The predicted octanol–water partition coefficient (Wildman–Crippen LogP) is 3.15. The van der Waals surface area contributed by atoms with Crippen LogP contribution in [0, 0.1) is 0 Å². The summed E-state index contributed by atoms with van der Waals surface area (Å²) in [5, 5.41) is 9.70. The Morgan fingerprint density at radius 1 is 1.11 bits per heavy atom. The molecule has 0 fully saturated rings. The second kappa shape index (κ2) is 6.90. The fourth-order valence-electron chi connectivity index (χ4n) is 1.86. The first-order valence-electron chi connectivity index (χ1n) is 6.59. The number of hydrogen-bond acceptors (Lipinski definition) is 3. The van der Waals surface area contributed by atoms with E-state index in [1.807, 2.05) is 43.3 Å². The maximum Gasteiger partial charge on any atom is 0.119 e. The first-order chi connectivity index (χ1) is 9.29. The molecule has 2 rings (SSSR count). The van der Waals surface area contributed by atoms with E-state index in [1.165, 1.54) is 5.56 Å². The molecule has 0 unspecified atom stereocenters. The fourth-order valence-corrected chi connectivity index (χ4v) is 1.86. The molecular weight excluding hydrogens is 238 g/mol. The van der Waals surface area contributed by atoms with Gasteiger partial charge in [-0.2, -0.15) is 0 Å². The van der Waals surface area contributed by atoms with E-state index in [1.54, 1.807) is 12.4 Å². The second-order valence-corrected chi connectivity index (χ2v) is 4.45. The number of aromatic nitrogens is 1. The zero-order valence-electron chi connectivity index (χ0n) is 11.1. The van der Waals surface area contributed by atoms with Crippen LogP contribution in [0.25, 0.3) is 0 Å². The van der Waals surface area contributed by atoms with Crippen LogP contribution < -0.4 is 4.74 Å². The fraction of sp³-hybridized carbons (Fsp3) is 0.312. The zero-order valence-corrected chi connectivity index (χ0v) is 11.1. The van der Waals surface area contributed by atoms with Gasteiger partial charge in [-0.1, -0.05) is 19.1 Å². The number of benzene rings is 1. The van der Waals surface area contributed by atoms with Gasteiger partial charge in [0.1, 0.15) is 5.75 Å². The summed E-state index contributed by atoms with van der Waals surface area (Å²) in [5.74, 6) is 0.834. The third kappa shape index (κ3) is 4.07. The van der Waals surface area contributed by atoms with Crippen molar-refractivity contribution in [1.82, 2.24) is 4.98 Å². The average Bonchev–Trinajstić information content (AvgIpc) is 2.48. The lowest BCUT2D eigenvalue weighted by atomic mass is 10.1. The first-order valence-corrected chi connectivity index (χ1v) is 6.59. The maximum absolute atomic E-state index is 9.70. The van der Waals surface area contributed by atoms with Crippen LogP contribution in [0.2, 0.25) is 0 Å². The number of pyridine rings is 1. The van der Waals surface area contributed by atoms with Crippen molar-refractivity contribution in [3.63, 3.8) is 0 Å². The Kier molecular flexibility index (Phi) is 4.93. The first kappa shape index (κ1) is 13.6. The standard InChI is InChI=1S/C16H19NO2/c1-2-16(18)14-3-5-15(6-4-14)19-12-9-13-7-10-17-11-8-13/h3-8,10-11,16,18H,2,9,12H2,1H3/t16-/m1/s1. The minimum Gasteiger partial charge on any atom is -0.493 e. The molecule has 0 aliphatic heterocycles. The lowest BCUT2D eigenvalue weighted by Gasteiger charge is -2.10. The third-order valence-electron chi connectivity index (χ3n) is 3.06. The summed E-state index contributed by atoms with van der Waals surface area (Å²) in [5.41, 5.74) is 2.15. The molecule has 1 aromatic carbocycles. The lowest BCUT2D eigenvalue weighted by Crippen LogP contribution is -2.02. The minimum absolute atomic E-state index is 0.383. The lowest BCUT2D eigenvalue weighted by molar-refractivity contribution is 0.173.